The number of benzene rings is 1. The lowest BCUT2D eigenvalue weighted by molar-refractivity contribution is 0.194. The Morgan fingerprint density at radius 2 is 2.05 bits per heavy atom. The van der Waals surface area contributed by atoms with E-state index < -0.39 is 0 Å². The van der Waals surface area contributed by atoms with Crippen molar-refractivity contribution in [2.45, 2.75) is 13.1 Å². The molecular formula is C15H15Cl2N3O. The van der Waals surface area contributed by atoms with Crippen molar-refractivity contribution in [2.75, 3.05) is 7.05 Å². The van der Waals surface area contributed by atoms with Crippen LogP contribution in [0.25, 0.3) is 0 Å². The molecule has 1 aromatic heterocycles. The molecule has 1 N–H and O–H groups in total. The van der Waals surface area contributed by atoms with Crippen molar-refractivity contribution in [3.63, 3.8) is 0 Å². The van der Waals surface area contributed by atoms with Crippen LogP contribution < -0.4 is 5.32 Å². The number of pyridine rings is 1. The van der Waals surface area contributed by atoms with Crippen LogP contribution in [0.15, 0.2) is 42.7 Å². The van der Waals surface area contributed by atoms with Crippen molar-refractivity contribution < 1.29 is 4.79 Å². The third kappa shape index (κ3) is 4.09. The number of nitrogens with one attached hydrogen (secondary N) is 1. The Hall–Kier alpha value is -1.78. The molecule has 0 aliphatic carbocycles. The second-order valence-corrected chi connectivity index (χ2v) is 5.27. The molecular weight excluding hydrogens is 309 g/mol. The molecule has 0 aliphatic heterocycles. The number of urea groups is 1. The minimum atomic E-state index is -0.185. The van der Waals surface area contributed by atoms with Crippen LogP contribution in [-0.4, -0.2) is 23.0 Å². The highest BCUT2D eigenvalue weighted by Gasteiger charge is 2.15. The first-order chi connectivity index (χ1) is 10.1. The molecule has 21 heavy (non-hydrogen) atoms. The SMILES string of the molecule is CNC(=O)N(Cc1cccnc1)Cc1cccc(Cl)c1Cl. The van der Waals surface area contributed by atoms with Gasteiger partial charge in [-0.3, -0.25) is 4.98 Å². The van der Waals surface area contributed by atoms with Gasteiger partial charge in [0.1, 0.15) is 0 Å². The summed E-state index contributed by atoms with van der Waals surface area (Å²) in [6.07, 6.45) is 3.43. The van der Waals surface area contributed by atoms with Gasteiger partial charge in [-0.15, -0.1) is 0 Å². The summed E-state index contributed by atoms with van der Waals surface area (Å²) in [5, 5.41) is 3.58. The van der Waals surface area contributed by atoms with Crippen LogP contribution >= 0.6 is 23.2 Å². The predicted octanol–water partition coefficient (Wildman–Crippen LogP) is 3.73. The van der Waals surface area contributed by atoms with Crippen LogP contribution in [0.3, 0.4) is 0 Å². The summed E-state index contributed by atoms with van der Waals surface area (Å²) < 4.78 is 0. The maximum Gasteiger partial charge on any atom is 0.317 e. The first-order valence-corrected chi connectivity index (χ1v) is 7.16. The largest absolute Gasteiger partial charge is 0.341 e. The number of nitrogens with zero attached hydrogens (tertiary/aromatic N) is 2. The van der Waals surface area contributed by atoms with Gasteiger partial charge in [0.15, 0.2) is 0 Å². The molecule has 2 rings (SSSR count). The fourth-order valence-corrected chi connectivity index (χ4v) is 2.33. The number of hydrogen-bond donors (Lipinski definition) is 1. The monoisotopic (exact) mass is 323 g/mol. The molecule has 110 valence electrons. The number of rotatable bonds is 4. The van der Waals surface area contributed by atoms with Crippen LogP contribution in [0, 0.1) is 0 Å². The average Bonchev–Trinajstić information content (AvgIpc) is 2.51. The highest BCUT2D eigenvalue weighted by atomic mass is 35.5. The van der Waals surface area contributed by atoms with Gasteiger partial charge in [-0.1, -0.05) is 41.4 Å². The highest BCUT2D eigenvalue weighted by Crippen LogP contribution is 2.26. The Kier molecular flexibility index (Phi) is 5.42. The molecule has 2 amide bonds. The number of carbonyl (C=O) groups is 1. The van der Waals surface area contributed by atoms with Crippen molar-refractivity contribution >= 4 is 29.2 Å². The molecule has 0 saturated carbocycles. The average molecular weight is 324 g/mol. The lowest BCUT2D eigenvalue weighted by Gasteiger charge is -2.23. The van der Waals surface area contributed by atoms with E-state index in [0.717, 1.165) is 11.1 Å². The van der Waals surface area contributed by atoms with E-state index in [-0.39, 0.29) is 6.03 Å². The molecule has 4 nitrogen and oxygen atoms in total. The van der Waals surface area contributed by atoms with E-state index >= 15 is 0 Å². The Balaban J connectivity index is 2.21. The second-order valence-electron chi connectivity index (χ2n) is 4.49. The van der Waals surface area contributed by atoms with Gasteiger partial charge in [-0.05, 0) is 23.3 Å². The van der Waals surface area contributed by atoms with Gasteiger partial charge in [-0.2, -0.15) is 0 Å². The number of amides is 2. The van der Waals surface area contributed by atoms with E-state index in [0.29, 0.717) is 23.1 Å². The molecule has 0 atom stereocenters. The molecule has 2 aromatic rings. The van der Waals surface area contributed by atoms with E-state index in [2.05, 4.69) is 10.3 Å². The third-order valence-electron chi connectivity index (χ3n) is 2.99. The van der Waals surface area contributed by atoms with Crippen molar-refractivity contribution in [3.8, 4) is 0 Å². The van der Waals surface area contributed by atoms with Crippen LogP contribution in [0.2, 0.25) is 10.0 Å². The Bertz CT molecular complexity index is 620. The van der Waals surface area contributed by atoms with E-state index in [1.165, 1.54) is 0 Å². The molecule has 0 bridgehead atoms. The summed E-state index contributed by atoms with van der Waals surface area (Å²) in [5.41, 5.74) is 1.75. The number of aromatic nitrogens is 1. The Morgan fingerprint density at radius 3 is 2.71 bits per heavy atom. The van der Waals surface area contributed by atoms with E-state index in [4.69, 9.17) is 23.2 Å². The Morgan fingerprint density at radius 1 is 1.24 bits per heavy atom. The van der Waals surface area contributed by atoms with Crippen molar-refractivity contribution in [1.82, 2.24) is 15.2 Å². The smallest absolute Gasteiger partial charge is 0.317 e. The summed E-state index contributed by atoms with van der Waals surface area (Å²) >= 11 is 12.2. The lowest BCUT2D eigenvalue weighted by Crippen LogP contribution is -2.37. The zero-order chi connectivity index (χ0) is 15.2. The summed E-state index contributed by atoms with van der Waals surface area (Å²) in [4.78, 5) is 17.7. The normalized spacial score (nSPS) is 10.2. The molecule has 1 aromatic carbocycles. The second kappa shape index (κ2) is 7.29. The zero-order valence-corrected chi connectivity index (χ0v) is 13.0. The first kappa shape index (κ1) is 15.6. The van der Waals surface area contributed by atoms with Crippen molar-refractivity contribution in [3.05, 3.63) is 63.9 Å². The predicted molar refractivity (Wildman–Crippen MR) is 84.4 cm³/mol. The fraction of sp³-hybridized carbons (Fsp3) is 0.200. The summed E-state index contributed by atoms with van der Waals surface area (Å²) in [6, 6.07) is 8.96. The molecule has 6 heteroatoms. The third-order valence-corrected chi connectivity index (χ3v) is 3.85. The highest BCUT2D eigenvalue weighted by molar-refractivity contribution is 6.42. The van der Waals surface area contributed by atoms with Crippen molar-refractivity contribution in [1.29, 1.82) is 0 Å². The van der Waals surface area contributed by atoms with Crippen LogP contribution in [0.4, 0.5) is 4.79 Å². The molecule has 0 fully saturated rings. The van der Waals surface area contributed by atoms with Gasteiger partial charge in [0.05, 0.1) is 10.0 Å². The molecule has 1 heterocycles. The molecule has 0 aliphatic rings. The van der Waals surface area contributed by atoms with E-state index in [1.807, 2.05) is 24.3 Å². The quantitative estimate of drug-likeness (QED) is 0.931. The number of carbonyl (C=O) groups excluding carboxylic acids is 1. The van der Waals surface area contributed by atoms with E-state index in [1.54, 1.807) is 30.4 Å². The molecule has 0 spiro atoms. The van der Waals surface area contributed by atoms with Crippen LogP contribution in [0.5, 0.6) is 0 Å². The standard InChI is InChI=1S/C15H15Cl2N3O/c1-18-15(21)20(9-11-4-3-7-19-8-11)10-12-5-2-6-13(16)14(12)17/h2-8H,9-10H2,1H3,(H,18,21). The molecule has 0 radical (unpaired) electrons. The van der Waals surface area contributed by atoms with E-state index in [9.17, 15) is 4.79 Å². The number of hydrogen-bond acceptors (Lipinski definition) is 2. The van der Waals surface area contributed by atoms with Crippen LogP contribution in [0.1, 0.15) is 11.1 Å². The maximum absolute atomic E-state index is 12.0. The lowest BCUT2D eigenvalue weighted by atomic mass is 10.2. The summed E-state index contributed by atoms with van der Waals surface area (Å²) in [6.45, 7) is 0.810. The number of halogens is 2. The topological polar surface area (TPSA) is 45.2 Å². The van der Waals surface area contributed by atoms with Gasteiger partial charge in [0.2, 0.25) is 0 Å². The Labute approximate surface area is 133 Å². The van der Waals surface area contributed by atoms with Crippen molar-refractivity contribution in [2.24, 2.45) is 0 Å². The minimum Gasteiger partial charge on any atom is -0.341 e. The zero-order valence-electron chi connectivity index (χ0n) is 11.5. The maximum atomic E-state index is 12.0. The summed E-state index contributed by atoms with van der Waals surface area (Å²) in [7, 11) is 1.60. The van der Waals surface area contributed by atoms with Gasteiger partial charge >= 0.3 is 6.03 Å². The fourth-order valence-electron chi connectivity index (χ4n) is 1.95. The van der Waals surface area contributed by atoms with Gasteiger partial charge < -0.3 is 10.2 Å². The van der Waals surface area contributed by atoms with Gasteiger partial charge in [0.25, 0.3) is 0 Å². The van der Waals surface area contributed by atoms with Crippen LogP contribution in [-0.2, 0) is 13.1 Å². The van der Waals surface area contributed by atoms with Gasteiger partial charge in [0, 0.05) is 32.5 Å². The van der Waals surface area contributed by atoms with Gasteiger partial charge in [-0.25, -0.2) is 4.79 Å². The molecule has 0 saturated heterocycles. The summed E-state index contributed by atoms with van der Waals surface area (Å²) in [5.74, 6) is 0. The minimum absolute atomic E-state index is 0.185. The molecule has 0 unspecified atom stereocenters. The first-order valence-electron chi connectivity index (χ1n) is 6.40.